The Morgan fingerprint density at radius 1 is 0.610 bits per heavy atom. The Hall–Kier alpha value is -4.35. The van der Waals surface area contributed by atoms with Crippen LogP contribution in [0.4, 0.5) is 38.0 Å². The SMILES string of the molecule is CC(C)(C)c1ccc(Nc2nc(OCc3ccccc3C(F)(F)F)nc(OCc3ccccc3C(F)(F)F)n2)cc1. The summed E-state index contributed by atoms with van der Waals surface area (Å²) < 4.78 is 91.5. The minimum absolute atomic E-state index is 0.0817. The molecule has 1 heterocycles. The predicted molar refractivity (Wildman–Crippen MR) is 140 cm³/mol. The topological polar surface area (TPSA) is 69.2 Å². The van der Waals surface area contributed by atoms with Gasteiger partial charge in [0.2, 0.25) is 5.95 Å². The van der Waals surface area contributed by atoms with E-state index >= 15 is 0 Å². The number of aromatic nitrogens is 3. The van der Waals surface area contributed by atoms with Gasteiger partial charge in [0.05, 0.1) is 11.1 Å². The molecular weight excluding hydrogens is 550 g/mol. The Bertz CT molecular complexity index is 1400. The minimum Gasteiger partial charge on any atom is -0.458 e. The van der Waals surface area contributed by atoms with Crippen LogP contribution >= 0.6 is 0 Å². The summed E-state index contributed by atoms with van der Waals surface area (Å²) in [5, 5.41) is 2.95. The maximum absolute atomic E-state index is 13.4. The first-order valence-electron chi connectivity index (χ1n) is 12.4. The zero-order valence-corrected chi connectivity index (χ0v) is 22.3. The second-order valence-electron chi connectivity index (χ2n) is 10.1. The molecule has 1 aromatic heterocycles. The molecule has 0 aliphatic rings. The van der Waals surface area contributed by atoms with Crippen LogP contribution in [0.2, 0.25) is 0 Å². The van der Waals surface area contributed by atoms with Gasteiger partial charge in [0, 0.05) is 16.8 Å². The smallest absolute Gasteiger partial charge is 0.416 e. The van der Waals surface area contributed by atoms with Gasteiger partial charge in [-0.2, -0.15) is 36.3 Å². The van der Waals surface area contributed by atoms with Gasteiger partial charge >= 0.3 is 24.4 Å². The monoisotopic (exact) mass is 576 g/mol. The molecule has 0 saturated carbocycles. The van der Waals surface area contributed by atoms with E-state index < -0.39 is 36.7 Å². The van der Waals surface area contributed by atoms with E-state index in [9.17, 15) is 26.3 Å². The van der Waals surface area contributed by atoms with E-state index in [1.807, 2.05) is 12.1 Å². The number of hydrogen-bond acceptors (Lipinski definition) is 6. The highest BCUT2D eigenvalue weighted by Crippen LogP contribution is 2.34. The first-order valence-corrected chi connectivity index (χ1v) is 12.4. The van der Waals surface area contributed by atoms with Crippen molar-refractivity contribution >= 4 is 11.6 Å². The lowest BCUT2D eigenvalue weighted by Gasteiger charge is -2.19. The number of benzene rings is 3. The van der Waals surface area contributed by atoms with Crippen LogP contribution in [0.15, 0.2) is 72.8 Å². The molecule has 216 valence electrons. The van der Waals surface area contributed by atoms with Gasteiger partial charge in [-0.3, -0.25) is 0 Å². The number of anilines is 2. The van der Waals surface area contributed by atoms with E-state index in [0.29, 0.717) is 5.69 Å². The molecule has 0 unspecified atom stereocenters. The normalized spacial score (nSPS) is 12.2. The van der Waals surface area contributed by atoms with Crippen molar-refractivity contribution in [3.8, 4) is 12.0 Å². The molecule has 0 radical (unpaired) electrons. The molecule has 3 aromatic carbocycles. The van der Waals surface area contributed by atoms with Crippen molar-refractivity contribution in [3.63, 3.8) is 0 Å². The zero-order valence-electron chi connectivity index (χ0n) is 22.3. The Morgan fingerprint density at radius 3 is 1.46 bits per heavy atom. The van der Waals surface area contributed by atoms with Crippen LogP contribution in [0.25, 0.3) is 0 Å². The molecule has 0 aliphatic heterocycles. The van der Waals surface area contributed by atoms with Gasteiger partial charge in [0.1, 0.15) is 13.2 Å². The fraction of sp³-hybridized carbons (Fsp3) is 0.276. The maximum atomic E-state index is 13.4. The summed E-state index contributed by atoms with van der Waals surface area (Å²) in [6.07, 6.45) is -9.21. The van der Waals surface area contributed by atoms with Crippen molar-refractivity contribution < 1.29 is 35.8 Å². The lowest BCUT2D eigenvalue weighted by Crippen LogP contribution is -2.13. The molecule has 0 spiro atoms. The third-order valence-corrected chi connectivity index (χ3v) is 5.96. The van der Waals surface area contributed by atoms with E-state index in [-0.39, 0.29) is 34.5 Å². The number of rotatable bonds is 8. The number of ether oxygens (including phenoxy) is 2. The van der Waals surface area contributed by atoms with Gasteiger partial charge in [-0.15, -0.1) is 4.98 Å². The Kier molecular flexibility index (Phi) is 8.41. The molecule has 6 nitrogen and oxygen atoms in total. The fourth-order valence-corrected chi connectivity index (χ4v) is 3.84. The van der Waals surface area contributed by atoms with Gasteiger partial charge in [-0.05, 0) is 35.2 Å². The highest BCUT2D eigenvalue weighted by atomic mass is 19.4. The molecule has 0 bridgehead atoms. The molecule has 4 aromatic rings. The summed E-state index contributed by atoms with van der Waals surface area (Å²) in [6.45, 7) is 5.11. The van der Waals surface area contributed by atoms with Crippen molar-refractivity contribution in [1.29, 1.82) is 0 Å². The summed E-state index contributed by atoms with van der Waals surface area (Å²) >= 11 is 0. The lowest BCUT2D eigenvalue weighted by molar-refractivity contribution is -0.139. The van der Waals surface area contributed by atoms with Crippen molar-refractivity contribution in [3.05, 3.63) is 101 Å². The highest BCUT2D eigenvalue weighted by molar-refractivity contribution is 5.54. The van der Waals surface area contributed by atoms with Crippen LogP contribution in [-0.4, -0.2) is 15.0 Å². The standard InChI is InChI=1S/C29H26F6N4O2/c1-27(2,3)20-12-14-21(15-13-20)36-24-37-25(40-16-18-8-4-6-10-22(18)28(30,31)32)39-26(38-24)41-17-19-9-5-7-11-23(19)29(33,34)35/h4-15H,16-17H2,1-3H3,(H,36,37,38,39). The Labute approximate surface area is 232 Å². The van der Waals surface area contributed by atoms with Crippen molar-refractivity contribution in [2.24, 2.45) is 0 Å². The number of nitrogens with one attached hydrogen (secondary N) is 1. The summed E-state index contributed by atoms with van der Waals surface area (Å²) in [5.74, 6) is -0.0817. The Balaban J connectivity index is 1.61. The van der Waals surface area contributed by atoms with Crippen LogP contribution in [0.1, 0.15) is 48.6 Å². The van der Waals surface area contributed by atoms with Gasteiger partial charge in [0.15, 0.2) is 0 Å². The summed E-state index contributed by atoms with van der Waals surface area (Å²) in [7, 11) is 0. The molecule has 0 fully saturated rings. The highest BCUT2D eigenvalue weighted by Gasteiger charge is 2.34. The molecule has 12 heteroatoms. The summed E-state index contributed by atoms with van der Waals surface area (Å²) in [5.41, 5.74) is -0.529. The van der Waals surface area contributed by atoms with Crippen molar-refractivity contribution in [1.82, 2.24) is 15.0 Å². The van der Waals surface area contributed by atoms with Crippen molar-refractivity contribution in [2.45, 2.75) is 51.8 Å². The predicted octanol–water partition coefficient (Wildman–Crippen LogP) is 8.11. The molecule has 0 aliphatic carbocycles. The number of nitrogens with zero attached hydrogens (tertiary/aromatic N) is 3. The third kappa shape index (κ3) is 7.86. The molecule has 4 rings (SSSR count). The average molecular weight is 577 g/mol. The molecule has 0 atom stereocenters. The first-order chi connectivity index (χ1) is 19.2. The van der Waals surface area contributed by atoms with E-state index in [1.165, 1.54) is 36.4 Å². The van der Waals surface area contributed by atoms with Gasteiger partial charge in [-0.1, -0.05) is 69.3 Å². The van der Waals surface area contributed by atoms with Crippen molar-refractivity contribution in [2.75, 3.05) is 5.32 Å². The minimum atomic E-state index is -4.61. The van der Waals surface area contributed by atoms with Gasteiger partial charge in [0.25, 0.3) is 0 Å². The third-order valence-electron chi connectivity index (χ3n) is 5.96. The zero-order chi connectivity index (χ0) is 29.8. The number of halogens is 6. The Morgan fingerprint density at radius 2 is 1.05 bits per heavy atom. The van der Waals surface area contributed by atoms with E-state index in [1.54, 1.807) is 12.1 Å². The maximum Gasteiger partial charge on any atom is 0.416 e. The number of alkyl halides is 6. The molecule has 41 heavy (non-hydrogen) atoms. The molecule has 1 N–H and O–H groups in total. The quantitative estimate of drug-likeness (QED) is 0.214. The van der Waals surface area contributed by atoms with E-state index in [4.69, 9.17) is 9.47 Å². The fourth-order valence-electron chi connectivity index (χ4n) is 3.84. The van der Waals surface area contributed by atoms with E-state index in [2.05, 4.69) is 41.0 Å². The average Bonchev–Trinajstić information content (AvgIpc) is 2.90. The largest absolute Gasteiger partial charge is 0.458 e. The lowest BCUT2D eigenvalue weighted by atomic mass is 9.87. The van der Waals surface area contributed by atoms with Crippen LogP contribution in [0.5, 0.6) is 12.0 Å². The second-order valence-corrected chi connectivity index (χ2v) is 10.1. The van der Waals surface area contributed by atoms with Crippen LogP contribution < -0.4 is 14.8 Å². The van der Waals surface area contributed by atoms with Crippen LogP contribution in [-0.2, 0) is 31.0 Å². The second kappa shape index (κ2) is 11.6. The van der Waals surface area contributed by atoms with Gasteiger partial charge < -0.3 is 14.8 Å². The molecular formula is C29H26F6N4O2. The van der Waals surface area contributed by atoms with Gasteiger partial charge in [-0.25, -0.2) is 0 Å². The summed E-state index contributed by atoms with van der Waals surface area (Å²) in [4.78, 5) is 12.2. The molecule has 0 saturated heterocycles. The van der Waals surface area contributed by atoms with Crippen LogP contribution in [0.3, 0.4) is 0 Å². The van der Waals surface area contributed by atoms with E-state index in [0.717, 1.165) is 17.7 Å². The summed E-state index contributed by atoms with van der Waals surface area (Å²) in [6, 6.07) is 16.3. The molecule has 0 amide bonds. The number of hydrogen-bond donors (Lipinski definition) is 1. The van der Waals surface area contributed by atoms with Crippen LogP contribution in [0, 0.1) is 0 Å². The first kappa shape index (κ1) is 29.6.